The van der Waals surface area contributed by atoms with Gasteiger partial charge >= 0.3 is 11.9 Å². The molecule has 0 amide bonds. The van der Waals surface area contributed by atoms with E-state index in [0.29, 0.717) is 19.3 Å². The van der Waals surface area contributed by atoms with Crippen molar-refractivity contribution in [3.63, 3.8) is 0 Å². The summed E-state index contributed by atoms with van der Waals surface area (Å²) in [5, 5.41) is 6.50. The van der Waals surface area contributed by atoms with E-state index < -0.39 is 5.97 Å². The van der Waals surface area contributed by atoms with Crippen LogP contribution in [-0.2, 0) is 20.7 Å². The van der Waals surface area contributed by atoms with Crippen LogP contribution < -0.4 is 0 Å². The van der Waals surface area contributed by atoms with Crippen LogP contribution >= 0.6 is 0 Å². The Morgan fingerprint density at radius 2 is 2.12 bits per heavy atom. The number of ether oxygens (including phenoxy) is 2. The summed E-state index contributed by atoms with van der Waals surface area (Å²) in [5.74, 6) is -0.719. The molecule has 16 heavy (non-hydrogen) atoms. The van der Waals surface area contributed by atoms with Gasteiger partial charge in [0.25, 0.3) is 0 Å². The van der Waals surface area contributed by atoms with Crippen LogP contribution in [0.15, 0.2) is 6.07 Å². The first-order valence-corrected chi connectivity index (χ1v) is 4.86. The predicted molar refractivity (Wildman–Crippen MR) is 54.9 cm³/mol. The lowest BCUT2D eigenvalue weighted by atomic mass is 10.2. The summed E-state index contributed by atoms with van der Waals surface area (Å²) in [4.78, 5) is 21.9. The van der Waals surface area contributed by atoms with Crippen LogP contribution in [0.25, 0.3) is 0 Å². The number of hydrogen-bond acceptors (Lipinski definition) is 5. The number of aryl methyl sites for hydroxylation is 1. The second-order valence-electron chi connectivity index (χ2n) is 3.20. The van der Waals surface area contributed by atoms with E-state index in [0.717, 1.165) is 5.69 Å². The zero-order valence-corrected chi connectivity index (χ0v) is 9.28. The molecule has 1 rings (SSSR count). The molecule has 0 spiro atoms. The number of rotatable bonds is 5. The van der Waals surface area contributed by atoms with E-state index in [1.165, 1.54) is 14.2 Å². The van der Waals surface area contributed by atoms with Crippen molar-refractivity contribution in [3.05, 3.63) is 17.5 Å². The molecule has 0 unspecified atom stereocenters. The van der Waals surface area contributed by atoms with Gasteiger partial charge in [0.15, 0.2) is 5.69 Å². The maximum absolute atomic E-state index is 11.1. The third-order valence-corrected chi connectivity index (χ3v) is 2.08. The number of nitrogens with one attached hydrogen (secondary N) is 1. The van der Waals surface area contributed by atoms with Gasteiger partial charge in [0.2, 0.25) is 0 Å². The van der Waals surface area contributed by atoms with Gasteiger partial charge in [0.1, 0.15) is 0 Å². The molecule has 0 atom stereocenters. The zero-order chi connectivity index (χ0) is 12.0. The molecule has 1 heterocycles. The van der Waals surface area contributed by atoms with Crippen molar-refractivity contribution in [2.24, 2.45) is 0 Å². The number of carbonyl (C=O) groups is 2. The molecular formula is C10H14N2O4. The predicted octanol–water partition coefficient (Wildman–Crippen LogP) is 0.692. The van der Waals surface area contributed by atoms with Crippen LogP contribution in [0.5, 0.6) is 0 Å². The molecule has 1 aromatic rings. The number of nitrogens with zero attached hydrogens (tertiary/aromatic N) is 1. The van der Waals surface area contributed by atoms with Crippen LogP contribution in [0.3, 0.4) is 0 Å². The van der Waals surface area contributed by atoms with Gasteiger partial charge < -0.3 is 9.47 Å². The summed E-state index contributed by atoms with van der Waals surface area (Å²) in [6, 6.07) is 1.61. The number of H-pyrrole nitrogens is 1. The first-order valence-electron chi connectivity index (χ1n) is 4.86. The second-order valence-corrected chi connectivity index (χ2v) is 3.20. The molecule has 1 N–H and O–H groups in total. The first kappa shape index (κ1) is 12.2. The number of esters is 2. The molecule has 0 aliphatic rings. The summed E-state index contributed by atoms with van der Waals surface area (Å²) >= 11 is 0. The van der Waals surface area contributed by atoms with E-state index in [1.54, 1.807) is 6.07 Å². The van der Waals surface area contributed by atoms with Gasteiger partial charge in [0, 0.05) is 12.1 Å². The van der Waals surface area contributed by atoms with Crippen molar-refractivity contribution >= 4 is 11.9 Å². The maximum Gasteiger partial charge on any atom is 0.358 e. The Kier molecular flexibility index (Phi) is 4.50. The number of carbonyl (C=O) groups excluding carboxylic acids is 2. The summed E-state index contributed by atoms with van der Waals surface area (Å²) < 4.78 is 9.02. The van der Waals surface area contributed by atoms with E-state index >= 15 is 0 Å². The third-order valence-electron chi connectivity index (χ3n) is 2.08. The van der Waals surface area contributed by atoms with Crippen molar-refractivity contribution in [3.8, 4) is 0 Å². The fourth-order valence-electron chi connectivity index (χ4n) is 1.22. The van der Waals surface area contributed by atoms with Crippen molar-refractivity contribution in [2.75, 3.05) is 14.2 Å². The molecule has 0 aliphatic carbocycles. The molecule has 88 valence electrons. The topological polar surface area (TPSA) is 81.3 Å². The average Bonchev–Trinajstić information content (AvgIpc) is 2.76. The van der Waals surface area contributed by atoms with Gasteiger partial charge in [-0.15, -0.1) is 0 Å². The first-order chi connectivity index (χ1) is 7.67. The van der Waals surface area contributed by atoms with Gasteiger partial charge in [0.05, 0.1) is 14.2 Å². The van der Waals surface area contributed by atoms with Crippen molar-refractivity contribution < 1.29 is 19.1 Å². The Balaban J connectivity index is 2.41. The van der Waals surface area contributed by atoms with Crippen LogP contribution in [0.4, 0.5) is 0 Å². The van der Waals surface area contributed by atoms with Crippen molar-refractivity contribution in [1.29, 1.82) is 0 Å². The minimum absolute atomic E-state index is 0.243. The van der Waals surface area contributed by atoms with Crippen LogP contribution in [0.2, 0.25) is 0 Å². The normalized spacial score (nSPS) is 9.88. The summed E-state index contributed by atoms with van der Waals surface area (Å²) in [6.45, 7) is 0. The molecular weight excluding hydrogens is 212 g/mol. The minimum Gasteiger partial charge on any atom is -0.469 e. The van der Waals surface area contributed by atoms with E-state index in [4.69, 9.17) is 0 Å². The largest absolute Gasteiger partial charge is 0.469 e. The van der Waals surface area contributed by atoms with Gasteiger partial charge in [-0.25, -0.2) is 4.79 Å². The van der Waals surface area contributed by atoms with E-state index in [9.17, 15) is 9.59 Å². The summed E-state index contributed by atoms with van der Waals surface area (Å²) in [7, 11) is 2.65. The molecule has 0 bridgehead atoms. The van der Waals surface area contributed by atoms with Crippen LogP contribution in [-0.4, -0.2) is 36.4 Å². The molecule has 0 radical (unpaired) electrons. The average molecular weight is 226 g/mol. The SMILES string of the molecule is COC(=O)CCCc1cc(C(=O)OC)n[nH]1. The van der Waals surface area contributed by atoms with Crippen LogP contribution in [0, 0.1) is 0 Å². The minimum atomic E-state index is -0.476. The van der Waals surface area contributed by atoms with Gasteiger partial charge in [-0.05, 0) is 18.9 Å². The number of aromatic amines is 1. The highest BCUT2D eigenvalue weighted by Crippen LogP contribution is 2.05. The summed E-state index contributed by atoms with van der Waals surface area (Å²) in [5.41, 5.74) is 1.04. The van der Waals surface area contributed by atoms with Crippen LogP contribution in [0.1, 0.15) is 29.0 Å². The van der Waals surface area contributed by atoms with Crippen molar-refractivity contribution in [2.45, 2.75) is 19.3 Å². The third kappa shape index (κ3) is 3.38. The molecule has 0 fully saturated rings. The molecule has 0 saturated heterocycles. The van der Waals surface area contributed by atoms with E-state index in [1.807, 2.05) is 0 Å². The summed E-state index contributed by atoms with van der Waals surface area (Å²) in [6.07, 6.45) is 1.64. The smallest absolute Gasteiger partial charge is 0.358 e. The number of aromatic nitrogens is 2. The molecule has 6 nitrogen and oxygen atoms in total. The van der Waals surface area contributed by atoms with Crippen molar-refractivity contribution in [1.82, 2.24) is 10.2 Å². The monoisotopic (exact) mass is 226 g/mol. The zero-order valence-electron chi connectivity index (χ0n) is 9.28. The fraction of sp³-hybridized carbons (Fsp3) is 0.500. The highest BCUT2D eigenvalue weighted by Gasteiger charge is 2.10. The second kappa shape index (κ2) is 5.89. The fourth-order valence-corrected chi connectivity index (χ4v) is 1.22. The quantitative estimate of drug-likeness (QED) is 0.747. The Labute approximate surface area is 92.9 Å². The van der Waals surface area contributed by atoms with E-state index in [2.05, 4.69) is 19.7 Å². The lowest BCUT2D eigenvalue weighted by Crippen LogP contribution is -2.01. The Morgan fingerprint density at radius 3 is 2.75 bits per heavy atom. The Bertz CT molecular complexity index is 373. The molecule has 0 aliphatic heterocycles. The molecule has 0 aromatic carbocycles. The number of hydrogen-bond donors (Lipinski definition) is 1. The Morgan fingerprint density at radius 1 is 1.38 bits per heavy atom. The standard InChI is InChI=1S/C10H14N2O4/c1-15-9(13)5-3-4-7-6-8(12-11-7)10(14)16-2/h6H,3-5H2,1-2H3,(H,11,12). The van der Waals surface area contributed by atoms with E-state index in [-0.39, 0.29) is 11.7 Å². The van der Waals surface area contributed by atoms with Gasteiger partial charge in [-0.1, -0.05) is 0 Å². The number of methoxy groups -OCH3 is 2. The molecule has 0 saturated carbocycles. The molecule has 1 aromatic heterocycles. The highest BCUT2D eigenvalue weighted by atomic mass is 16.5. The molecule has 6 heteroatoms. The Hall–Kier alpha value is -1.85. The van der Waals surface area contributed by atoms with Gasteiger partial charge in [-0.2, -0.15) is 5.10 Å². The highest BCUT2D eigenvalue weighted by molar-refractivity contribution is 5.87. The lowest BCUT2D eigenvalue weighted by Gasteiger charge is -1.97. The maximum atomic E-state index is 11.1. The lowest BCUT2D eigenvalue weighted by molar-refractivity contribution is -0.140. The van der Waals surface area contributed by atoms with Gasteiger partial charge in [-0.3, -0.25) is 9.89 Å².